The maximum Gasteiger partial charge on any atom is 0.325 e. The van der Waals surface area contributed by atoms with Crippen LogP contribution in [-0.2, 0) is 11.3 Å². The summed E-state index contributed by atoms with van der Waals surface area (Å²) in [7, 11) is 1.57. The molecule has 0 radical (unpaired) electrons. The standard InChI is InChI=1S/C18H20BrNO4/c1-3-24-17-14(19)9-12(10-15(17)23-2)11-20-16(18(21)22)13-7-5-4-6-8-13/h4-10,16,20H,3,11H2,1-2H3,(H,21,22)/t16-/m1/s1. The van der Waals surface area contributed by atoms with Gasteiger partial charge in [-0.05, 0) is 46.1 Å². The van der Waals surface area contributed by atoms with Crippen LogP contribution in [-0.4, -0.2) is 24.8 Å². The zero-order chi connectivity index (χ0) is 17.5. The van der Waals surface area contributed by atoms with E-state index in [1.807, 2.05) is 37.3 Å². The van der Waals surface area contributed by atoms with Crippen molar-refractivity contribution in [2.24, 2.45) is 0 Å². The third kappa shape index (κ3) is 4.49. The van der Waals surface area contributed by atoms with Crippen LogP contribution < -0.4 is 14.8 Å². The lowest BCUT2D eigenvalue weighted by molar-refractivity contribution is -0.139. The Bertz CT molecular complexity index is 691. The molecule has 2 N–H and O–H groups in total. The molecule has 0 aromatic heterocycles. The lowest BCUT2D eigenvalue weighted by Crippen LogP contribution is -2.28. The van der Waals surface area contributed by atoms with Gasteiger partial charge in [0.25, 0.3) is 0 Å². The summed E-state index contributed by atoms with van der Waals surface area (Å²) in [6.45, 7) is 2.81. The molecule has 0 unspecified atom stereocenters. The normalized spacial score (nSPS) is 11.8. The fraction of sp³-hybridized carbons (Fsp3) is 0.278. The minimum Gasteiger partial charge on any atom is -0.493 e. The van der Waals surface area contributed by atoms with Crippen molar-refractivity contribution in [1.29, 1.82) is 0 Å². The first-order chi connectivity index (χ1) is 11.6. The van der Waals surface area contributed by atoms with Gasteiger partial charge in [-0.25, -0.2) is 0 Å². The summed E-state index contributed by atoms with van der Waals surface area (Å²) in [5.41, 5.74) is 1.60. The third-order valence-electron chi connectivity index (χ3n) is 3.47. The number of methoxy groups -OCH3 is 1. The molecule has 0 saturated heterocycles. The number of nitrogens with one attached hydrogen (secondary N) is 1. The number of carbonyl (C=O) groups is 1. The van der Waals surface area contributed by atoms with Gasteiger partial charge in [-0.15, -0.1) is 0 Å². The van der Waals surface area contributed by atoms with Crippen molar-refractivity contribution in [2.75, 3.05) is 13.7 Å². The second kappa shape index (κ2) is 8.70. The fourth-order valence-electron chi connectivity index (χ4n) is 2.37. The van der Waals surface area contributed by atoms with Crippen molar-refractivity contribution >= 4 is 21.9 Å². The number of carboxylic acids is 1. The Hall–Kier alpha value is -2.05. The number of aliphatic carboxylic acids is 1. The second-order valence-corrected chi connectivity index (χ2v) is 5.96. The molecule has 0 aliphatic rings. The van der Waals surface area contributed by atoms with Crippen LogP contribution in [0.5, 0.6) is 11.5 Å². The van der Waals surface area contributed by atoms with Crippen LogP contribution in [0.25, 0.3) is 0 Å². The van der Waals surface area contributed by atoms with Gasteiger partial charge >= 0.3 is 5.97 Å². The quantitative estimate of drug-likeness (QED) is 0.714. The first kappa shape index (κ1) is 18.3. The van der Waals surface area contributed by atoms with Gasteiger partial charge in [-0.2, -0.15) is 0 Å². The zero-order valence-corrected chi connectivity index (χ0v) is 15.2. The molecule has 0 spiro atoms. The van der Waals surface area contributed by atoms with Crippen molar-refractivity contribution < 1.29 is 19.4 Å². The summed E-state index contributed by atoms with van der Waals surface area (Å²) in [5, 5.41) is 12.5. The molecule has 5 nitrogen and oxygen atoms in total. The molecule has 1 atom stereocenters. The number of carboxylic acid groups (broad SMARTS) is 1. The first-order valence-electron chi connectivity index (χ1n) is 7.57. The van der Waals surface area contributed by atoms with Gasteiger partial charge in [0, 0.05) is 6.54 Å². The first-order valence-corrected chi connectivity index (χ1v) is 8.36. The van der Waals surface area contributed by atoms with Crippen molar-refractivity contribution in [3.8, 4) is 11.5 Å². The monoisotopic (exact) mass is 393 g/mol. The molecule has 0 bridgehead atoms. The molecule has 2 aromatic carbocycles. The van der Waals surface area contributed by atoms with Crippen LogP contribution >= 0.6 is 15.9 Å². The van der Waals surface area contributed by atoms with Gasteiger partial charge in [-0.1, -0.05) is 30.3 Å². The molecule has 0 saturated carbocycles. The van der Waals surface area contributed by atoms with E-state index in [-0.39, 0.29) is 0 Å². The molecule has 0 amide bonds. The number of hydrogen-bond acceptors (Lipinski definition) is 4. The summed E-state index contributed by atoms with van der Waals surface area (Å²) in [4.78, 5) is 11.5. The number of ether oxygens (including phenoxy) is 2. The molecule has 2 aromatic rings. The van der Waals surface area contributed by atoms with E-state index in [1.54, 1.807) is 19.2 Å². The van der Waals surface area contributed by atoms with Crippen molar-refractivity contribution in [3.63, 3.8) is 0 Å². The average Bonchev–Trinajstić information content (AvgIpc) is 2.58. The maximum atomic E-state index is 11.5. The molecule has 0 aliphatic carbocycles. The lowest BCUT2D eigenvalue weighted by atomic mass is 10.1. The van der Waals surface area contributed by atoms with Crippen molar-refractivity contribution in [2.45, 2.75) is 19.5 Å². The summed E-state index contributed by atoms with van der Waals surface area (Å²) >= 11 is 3.47. The predicted octanol–water partition coefficient (Wildman–Crippen LogP) is 3.77. The minimum absolute atomic E-state index is 0.382. The average molecular weight is 394 g/mol. The molecular weight excluding hydrogens is 374 g/mol. The van der Waals surface area contributed by atoms with E-state index < -0.39 is 12.0 Å². The Morgan fingerprint density at radius 1 is 1.29 bits per heavy atom. The van der Waals surface area contributed by atoms with Gasteiger partial charge in [0.05, 0.1) is 18.2 Å². The Morgan fingerprint density at radius 2 is 2.00 bits per heavy atom. The van der Waals surface area contributed by atoms with E-state index >= 15 is 0 Å². The summed E-state index contributed by atoms with van der Waals surface area (Å²) in [5.74, 6) is 0.328. The molecular formula is C18H20BrNO4. The van der Waals surface area contributed by atoms with Crippen LogP contribution in [0.2, 0.25) is 0 Å². The third-order valence-corrected chi connectivity index (χ3v) is 4.06. The number of halogens is 1. The Labute approximate surface area is 149 Å². The van der Waals surface area contributed by atoms with E-state index in [0.29, 0.717) is 30.2 Å². The molecule has 0 heterocycles. The van der Waals surface area contributed by atoms with Gasteiger partial charge in [0.1, 0.15) is 6.04 Å². The highest BCUT2D eigenvalue weighted by Crippen LogP contribution is 2.36. The van der Waals surface area contributed by atoms with Crippen molar-refractivity contribution in [1.82, 2.24) is 5.32 Å². The van der Waals surface area contributed by atoms with E-state index in [2.05, 4.69) is 21.2 Å². The highest BCUT2D eigenvalue weighted by molar-refractivity contribution is 9.10. The molecule has 128 valence electrons. The van der Waals surface area contributed by atoms with Crippen LogP contribution in [0.3, 0.4) is 0 Å². The smallest absolute Gasteiger partial charge is 0.325 e. The predicted molar refractivity (Wildman–Crippen MR) is 95.5 cm³/mol. The van der Waals surface area contributed by atoms with E-state index in [1.165, 1.54) is 0 Å². The molecule has 24 heavy (non-hydrogen) atoms. The van der Waals surface area contributed by atoms with Crippen LogP contribution in [0.15, 0.2) is 46.9 Å². The zero-order valence-electron chi connectivity index (χ0n) is 13.6. The van der Waals surface area contributed by atoms with E-state index in [0.717, 1.165) is 10.0 Å². The molecule has 2 rings (SSSR count). The number of rotatable bonds is 8. The highest BCUT2D eigenvalue weighted by Gasteiger charge is 2.19. The molecule has 6 heteroatoms. The van der Waals surface area contributed by atoms with E-state index in [9.17, 15) is 9.90 Å². The van der Waals surface area contributed by atoms with Crippen LogP contribution in [0.1, 0.15) is 24.1 Å². The summed E-state index contributed by atoms with van der Waals surface area (Å²) in [6, 6.07) is 12.0. The second-order valence-electron chi connectivity index (χ2n) is 5.10. The van der Waals surface area contributed by atoms with Crippen LogP contribution in [0, 0.1) is 0 Å². The molecule has 0 fully saturated rings. The summed E-state index contributed by atoms with van der Waals surface area (Å²) < 4.78 is 11.7. The Balaban J connectivity index is 2.18. The topological polar surface area (TPSA) is 67.8 Å². The Kier molecular flexibility index (Phi) is 6.63. The van der Waals surface area contributed by atoms with Gasteiger partial charge in [0.15, 0.2) is 11.5 Å². The lowest BCUT2D eigenvalue weighted by Gasteiger charge is -2.17. The largest absolute Gasteiger partial charge is 0.493 e. The SMILES string of the molecule is CCOc1c(Br)cc(CN[C@@H](C(=O)O)c2ccccc2)cc1OC. The van der Waals surface area contributed by atoms with E-state index in [4.69, 9.17) is 9.47 Å². The van der Waals surface area contributed by atoms with Crippen molar-refractivity contribution in [3.05, 3.63) is 58.1 Å². The molecule has 0 aliphatic heterocycles. The fourth-order valence-corrected chi connectivity index (χ4v) is 2.98. The van der Waals surface area contributed by atoms with Gasteiger partial charge in [-0.3, -0.25) is 10.1 Å². The van der Waals surface area contributed by atoms with Crippen LogP contribution in [0.4, 0.5) is 0 Å². The maximum absolute atomic E-state index is 11.5. The Morgan fingerprint density at radius 3 is 2.58 bits per heavy atom. The minimum atomic E-state index is -0.918. The summed E-state index contributed by atoms with van der Waals surface area (Å²) in [6.07, 6.45) is 0. The number of hydrogen-bond donors (Lipinski definition) is 2. The highest BCUT2D eigenvalue weighted by atomic mass is 79.9. The van der Waals surface area contributed by atoms with Gasteiger partial charge in [0.2, 0.25) is 0 Å². The van der Waals surface area contributed by atoms with Gasteiger partial charge < -0.3 is 14.6 Å². The number of benzene rings is 2.